The van der Waals surface area contributed by atoms with Crippen LogP contribution in [-0.2, 0) is 0 Å². The molecule has 0 fully saturated rings. The van der Waals surface area contributed by atoms with Crippen LogP contribution in [0.1, 0.15) is 80.1 Å². The van der Waals surface area contributed by atoms with E-state index in [4.69, 9.17) is 0 Å². The molecular formula is C16H34O2. The van der Waals surface area contributed by atoms with Crippen LogP contribution in [0, 0.1) is 10.8 Å². The predicted molar refractivity (Wildman–Crippen MR) is 78.6 cm³/mol. The van der Waals surface area contributed by atoms with Crippen LogP contribution in [-0.4, -0.2) is 22.4 Å². The van der Waals surface area contributed by atoms with Crippen LogP contribution in [0.5, 0.6) is 0 Å². The van der Waals surface area contributed by atoms with Gasteiger partial charge >= 0.3 is 0 Å². The third kappa shape index (κ3) is 8.10. The molecule has 0 aliphatic heterocycles. The SMILES string of the molecule is CC(C)(C)C(O)CCCCCCC(O)C(C)(C)C. The van der Waals surface area contributed by atoms with Gasteiger partial charge in [-0.1, -0.05) is 67.2 Å². The molecule has 2 heteroatoms. The van der Waals surface area contributed by atoms with E-state index in [0.717, 1.165) is 38.5 Å². The van der Waals surface area contributed by atoms with Gasteiger partial charge in [0.25, 0.3) is 0 Å². The number of hydrogen-bond donors (Lipinski definition) is 2. The molecule has 0 amide bonds. The molecule has 0 heterocycles. The molecule has 2 N–H and O–H groups in total. The molecule has 0 rings (SSSR count). The lowest BCUT2D eigenvalue weighted by Crippen LogP contribution is -2.26. The topological polar surface area (TPSA) is 40.5 Å². The lowest BCUT2D eigenvalue weighted by molar-refractivity contribution is 0.0500. The zero-order valence-corrected chi connectivity index (χ0v) is 13.3. The van der Waals surface area contributed by atoms with E-state index in [-0.39, 0.29) is 23.0 Å². The zero-order chi connectivity index (χ0) is 14.4. The van der Waals surface area contributed by atoms with Crippen LogP contribution >= 0.6 is 0 Å². The highest BCUT2D eigenvalue weighted by molar-refractivity contribution is 4.73. The quantitative estimate of drug-likeness (QED) is 0.674. The highest BCUT2D eigenvalue weighted by Gasteiger charge is 2.22. The Bertz CT molecular complexity index is 186. The van der Waals surface area contributed by atoms with Crippen molar-refractivity contribution in [3.8, 4) is 0 Å². The van der Waals surface area contributed by atoms with E-state index in [0.29, 0.717) is 0 Å². The molecule has 0 bridgehead atoms. The van der Waals surface area contributed by atoms with Crippen LogP contribution in [0.4, 0.5) is 0 Å². The van der Waals surface area contributed by atoms with Crippen molar-refractivity contribution in [3.05, 3.63) is 0 Å². The Morgan fingerprint density at radius 1 is 0.611 bits per heavy atom. The number of unbranched alkanes of at least 4 members (excludes halogenated alkanes) is 3. The average molecular weight is 258 g/mol. The minimum absolute atomic E-state index is 0.00241. The predicted octanol–water partition coefficient (Wildman–Crippen LogP) is 4.14. The summed E-state index contributed by atoms with van der Waals surface area (Å²) in [5.74, 6) is 0. The monoisotopic (exact) mass is 258 g/mol. The van der Waals surface area contributed by atoms with Crippen molar-refractivity contribution in [2.24, 2.45) is 10.8 Å². The molecule has 0 saturated heterocycles. The molecule has 0 aromatic carbocycles. The van der Waals surface area contributed by atoms with Gasteiger partial charge in [0.1, 0.15) is 0 Å². The first-order chi connectivity index (χ1) is 8.05. The second-order valence-electron chi connectivity index (χ2n) is 7.76. The summed E-state index contributed by atoms with van der Waals surface area (Å²) in [6, 6.07) is 0. The summed E-state index contributed by atoms with van der Waals surface area (Å²) in [5.41, 5.74) is 0.00482. The van der Waals surface area contributed by atoms with Crippen molar-refractivity contribution >= 4 is 0 Å². The van der Waals surface area contributed by atoms with E-state index in [1.807, 2.05) is 0 Å². The number of hydrogen-bond acceptors (Lipinski definition) is 2. The summed E-state index contributed by atoms with van der Waals surface area (Å²) in [6.45, 7) is 12.5. The van der Waals surface area contributed by atoms with Gasteiger partial charge in [0.2, 0.25) is 0 Å². The Morgan fingerprint density at radius 2 is 0.889 bits per heavy atom. The zero-order valence-electron chi connectivity index (χ0n) is 13.3. The van der Waals surface area contributed by atoms with Crippen molar-refractivity contribution in [2.45, 2.75) is 92.3 Å². The van der Waals surface area contributed by atoms with Crippen LogP contribution in [0.2, 0.25) is 0 Å². The fourth-order valence-electron chi connectivity index (χ4n) is 1.89. The van der Waals surface area contributed by atoms with Gasteiger partial charge in [-0.25, -0.2) is 0 Å². The molecule has 2 nitrogen and oxygen atoms in total. The third-order valence-corrected chi connectivity index (χ3v) is 3.70. The number of aliphatic hydroxyl groups excluding tert-OH is 2. The van der Waals surface area contributed by atoms with Gasteiger partial charge in [0.05, 0.1) is 12.2 Å². The van der Waals surface area contributed by atoms with Gasteiger partial charge in [-0.05, 0) is 23.7 Å². The van der Waals surface area contributed by atoms with Crippen LogP contribution in [0.15, 0.2) is 0 Å². The van der Waals surface area contributed by atoms with Crippen molar-refractivity contribution < 1.29 is 10.2 Å². The molecule has 2 atom stereocenters. The van der Waals surface area contributed by atoms with Crippen molar-refractivity contribution in [1.82, 2.24) is 0 Å². The van der Waals surface area contributed by atoms with Crippen molar-refractivity contribution in [3.63, 3.8) is 0 Å². The highest BCUT2D eigenvalue weighted by atomic mass is 16.3. The standard InChI is InChI=1S/C16H34O2/c1-15(2,3)13(17)11-9-7-8-10-12-14(18)16(4,5)6/h13-14,17-18H,7-12H2,1-6H3. The second-order valence-corrected chi connectivity index (χ2v) is 7.76. The largest absolute Gasteiger partial charge is 0.393 e. The Balaban J connectivity index is 3.53. The second kappa shape index (κ2) is 7.49. The minimum Gasteiger partial charge on any atom is -0.393 e. The van der Waals surface area contributed by atoms with Crippen LogP contribution < -0.4 is 0 Å². The Kier molecular flexibility index (Phi) is 7.46. The summed E-state index contributed by atoms with van der Waals surface area (Å²) in [5, 5.41) is 19.8. The van der Waals surface area contributed by atoms with Gasteiger partial charge in [-0.2, -0.15) is 0 Å². The Hall–Kier alpha value is -0.0800. The van der Waals surface area contributed by atoms with E-state index in [2.05, 4.69) is 41.5 Å². The average Bonchev–Trinajstić information content (AvgIpc) is 2.19. The summed E-state index contributed by atoms with van der Waals surface area (Å²) in [4.78, 5) is 0. The van der Waals surface area contributed by atoms with E-state index < -0.39 is 0 Å². The first kappa shape index (κ1) is 17.9. The third-order valence-electron chi connectivity index (χ3n) is 3.70. The molecule has 0 aliphatic carbocycles. The fourth-order valence-corrected chi connectivity index (χ4v) is 1.89. The van der Waals surface area contributed by atoms with Crippen molar-refractivity contribution in [1.29, 1.82) is 0 Å². The molecule has 0 aromatic rings. The van der Waals surface area contributed by atoms with E-state index in [1.54, 1.807) is 0 Å². The lowest BCUT2D eigenvalue weighted by Gasteiger charge is -2.26. The lowest BCUT2D eigenvalue weighted by atomic mass is 9.85. The first-order valence-corrected chi connectivity index (χ1v) is 7.41. The van der Waals surface area contributed by atoms with Crippen molar-refractivity contribution in [2.75, 3.05) is 0 Å². The number of aliphatic hydroxyl groups is 2. The summed E-state index contributed by atoms with van der Waals surface area (Å²) >= 11 is 0. The van der Waals surface area contributed by atoms with E-state index in [9.17, 15) is 10.2 Å². The molecule has 110 valence electrons. The normalized spacial score (nSPS) is 16.7. The molecular weight excluding hydrogens is 224 g/mol. The first-order valence-electron chi connectivity index (χ1n) is 7.41. The molecule has 0 spiro atoms. The maximum Gasteiger partial charge on any atom is 0.0588 e. The maximum absolute atomic E-state index is 9.90. The Labute approximate surface area is 114 Å². The molecule has 0 aromatic heterocycles. The molecule has 0 saturated carbocycles. The maximum atomic E-state index is 9.90. The molecule has 0 aliphatic rings. The van der Waals surface area contributed by atoms with Crippen LogP contribution in [0.25, 0.3) is 0 Å². The summed E-state index contributed by atoms with van der Waals surface area (Å²) in [6.07, 6.45) is 5.88. The fraction of sp³-hybridized carbons (Fsp3) is 1.00. The van der Waals surface area contributed by atoms with Gasteiger partial charge in [0, 0.05) is 0 Å². The molecule has 0 radical (unpaired) electrons. The Morgan fingerprint density at radius 3 is 1.11 bits per heavy atom. The van der Waals surface area contributed by atoms with Gasteiger partial charge in [-0.15, -0.1) is 0 Å². The van der Waals surface area contributed by atoms with E-state index >= 15 is 0 Å². The molecule has 2 unspecified atom stereocenters. The molecule has 18 heavy (non-hydrogen) atoms. The highest BCUT2D eigenvalue weighted by Crippen LogP contribution is 2.25. The van der Waals surface area contributed by atoms with Crippen LogP contribution in [0.3, 0.4) is 0 Å². The van der Waals surface area contributed by atoms with E-state index in [1.165, 1.54) is 0 Å². The van der Waals surface area contributed by atoms with Gasteiger partial charge in [-0.3, -0.25) is 0 Å². The smallest absolute Gasteiger partial charge is 0.0588 e. The minimum atomic E-state index is -0.197. The summed E-state index contributed by atoms with van der Waals surface area (Å²) in [7, 11) is 0. The summed E-state index contributed by atoms with van der Waals surface area (Å²) < 4.78 is 0. The van der Waals surface area contributed by atoms with Gasteiger partial charge in [0.15, 0.2) is 0 Å². The number of rotatable bonds is 7. The van der Waals surface area contributed by atoms with Gasteiger partial charge < -0.3 is 10.2 Å².